The van der Waals surface area contributed by atoms with E-state index in [0.717, 1.165) is 8.66 Å². The van der Waals surface area contributed by atoms with Gasteiger partial charge in [-0.25, -0.2) is 4.79 Å². The van der Waals surface area contributed by atoms with E-state index in [9.17, 15) is 9.59 Å². The number of halogens is 1. The van der Waals surface area contributed by atoms with Gasteiger partial charge < -0.3 is 10.1 Å². The number of carbonyl (C=O) groups is 2. The number of thiophene rings is 1. The predicted molar refractivity (Wildman–Crippen MR) is 84.5 cm³/mol. The maximum atomic E-state index is 11.8. The molecule has 1 rings (SSSR count). The third kappa shape index (κ3) is 5.88. The number of hydrogen-bond acceptors (Lipinski definition) is 4. The molecule has 0 saturated heterocycles. The third-order valence-corrected chi connectivity index (χ3v) is 4.09. The highest BCUT2D eigenvalue weighted by Crippen LogP contribution is 2.22. The molecule has 1 aromatic heterocycles. The monoisotopic (exact) mass is 359 g/mol. The van der Waals surface area contributed by atoms with Gasteiger partial charge in [0.1, 0.15) is 6.04 Å². The number of nitrogens with one attached hydrogen (secondary N) is 1. The summed E-state index contributed by atoms with van der Waals surface area (Å²) in [4.78, 5) is 24.4. The van der Waals surface area contributed by atoms with E-state index < -0.39 is 12.0 Å². The summed E-state index contributed by atoms with van der Waals surface area (Å²) >= 11 is 4.89. The minimum absolute atomic E-state index is 0.289. The van der Waals surface area contributed by atoms with Crippen molar-refractivity contribution in [1.29, 1.82) is 0 Å². The Bertz CT molecular complexity index is 496. The number of ether oxygens (including phenoxy) is 1. The number of carbonyl (C=O) groups excluding carboxylic acids is 2. The van der Waals surface area contributed by atoms with Gasteiger partial charge >= 0.3 is 5.97 Å². The van der Waals surface area contributed by atoms with Crippen molar-refractivity contribution in [2.24, 2.45) is 5.92 Å². The fraction of sp³-hybridized carbons (Fsp3) is 0.429. The maximum absolute atomic E-state index is 11.8. The number of methoxy groups -OCH3 is 1. The molecular weight excluding hydrogens is 342 g/mol. The van der Waals surface area contributed by atoms with Crippen LogP contribution in [0.5, 0.6) is 0 Å². The summed E-state index contributed by atoms with van der Waals surface area (Å²) in [6, 6.07) is 3.22. The smallest absolute Gasteiger partial charge is 0.328 e. The average Bonchev–Trinajstić information content (AvgIpc) is 2.80. The zero-order valence-electron chi connectivity index (χ0n) is 11.7. The second-order valence-electron chi connectivity index (χ2n) is 4.69. The molecule has 0 aromatic carbocycles. The predicted octanol–water partition coefficient (Wildman–Crippen LogP) is 3.23. The quantitative estimate of drug-likeness (QED) is 0.626. The summed E-state index contributed by atoms with van der Waals surface area (Å²) in [6.45, 7) is 3.97. The maximum Gasteiger partial charge on any atom is 0.328 e. The van der Waals surface area contributed by atoms with Crippen LogP contribution in [0.1, 0.15) is 25.1 Å². The van der Waals surface area contributed by atoms with Crippen molar-refractivity contribution in [2.75, 3.05) is 7.11 Å². The molecule has 0 fully saturated rings. The Hall–Kier alpha value is -1.14. The summed E-state index contributed by atoms with van der Waals surface area (Å²) in [5.41, 5.74) is 0. The van der Waals surface area contributed by atoms with Gasteiger partial charge in [0.15, 0.2) is 0 Å². The number of hydrogen-bond donors (Lipinski definition) is 1. The summed E-state index contributed by atoms with van der Waals surface area (Å²) in [5, 5.41) is 2.67. The lowest BCUT2D eigenvalue weighted by Gasteiger charge is -2.17. The molecule has 1 heterocycles. The molecule has 0 saturated carbocycles. The molecule has 20 heavy (non-hydrogen) atoms. The Labute approximate surface area is 131 Å². The van der Waals surface area contributed by atoms with Crippen LogP contribution in [-0.4, -0.2) is 25.0 Å². The largest absolute Gasteiger partial charge is 0.467 e. The van der Waals surface area contributed by atoms with Crippen LogP contribution in [0.2, 0.25) is 0 Å². The van der Waals surface area contributed by atoms with Crippen molar-refractivity contribution >= 4 is 45.2 Å². The highest BCUT2D eigenvalue weighted by Gasteiger charge is 2.21. The molecule has 0 bridgehead atoms. The second kappa shape index (κ2) is 8.21. The zero-order chi connectivity index (χ0) is 15.1. The van der Waals surface area contributed by atoms with Crippen LogP contribution in [0.4, 0.5) is 0 Å². The Morgan fingerprint density at radius 3 is 2.65 bits per heavy atom. The number of rotatable bonds is 6. The van der Waals surface area contributed by atoms with Crippen LogP contribution < -0.4 is 5.32 Å². The molecule has 1 aromatic rings. The molecular formula is C14H18BrNO3S. The normalized spacial score (nSPS) is 12.7. The van der Waals surface area contributed by atoms with Gasteiger partial charge in [-0.2, -0.15) is 0 Å². The fourth-order valence-electron chi connectivity index (χ4n) is 1.62. The summed E-state index contributed by atoms with van der Waals surface area (Å²) in [6.07, 6.45) is 3.69. The first-order valence-corrected chi connectivity index (χ1v) is 7.85. The standard InChI is InChI=1S/C14H18BrNO3S/c1-9(2)8-11(14(18)19-3)16-13(17)7-5-10-4-6-12(15)20-10/h4-7,9,11H,8H2,1-3H3,(H,16,17). The summed E-state index contributed by atoms with van der Waals surface area (Å²) in [7, 11) is 1.32. The lowest BCUT2D eigenvalue weighted by Crippen LogP contribution is -2.41. The van der Waals surface area contributed by atoms with Gasteiger partial charge in [-0.05, 0) is 46.5 Å². The molecule has 110 valence electrons. The lowest BCUT2D eigenvalue weighted by molar-refractivity contribution is -0.145. The highest BCUT2D eigenvalue weighted by atomic mass is 79.9. The number of esters is 1. The van der Waals surface area contributed by atoms with Crippen molar-refractivity contribution in [1.82, 2.24) is 5.32 Å². The van der Waals surface area contributed by atoms with Crippen LogP contribution in [0.25, 0.3) is 6.08 Å². The van der Waals surface area contributed by atoms with Crippen LogP contribution in [0.15, 0.2) is 22.0 Å². The molecule has 0 spiro atoms. The van der Waals surface area contributed by atoms with Crippen LogP contribution in [0.3, 0.4) is 0 Å². The van der Waals surface area contributed by atoms with Crippen molar-refractivity contribution in [2.45, 2.75) is 26.3 Å². The van der Waals surface area contributed by atoms with E-state index in [1.54, 1.807) is 6.08 Å². The molecule has 0 aliphatic heterocycles. The summed E-state index contributed by atoms with van der Waals surface area (Å²) < 4.78 is 5.70. The van der Waals surface area contributed by atoms with Gasteiger partial charge in [0, 0.05) is 11.0 Å². The first-order chi connectivity index (χ1) is 9.42. The van der Waals surface area contributed by atoms with E-state index in [1.807, 2.05) is 26.0 Å². The second-order valence-corrected chi connectivity index (χ2v) is 7.18. The topological polar surface area (TPSA) is 55.4 Å². The Balaban J connectivity index is 2.61. The van der Waals surface area contributed by atoms with Gasteiger partial charge in [-0.3, -0.25) is 4.79 Å². The number of amides is 1. The van der Waals surface area contributed by atoms with Crippen molar-refractivity contribution in [3.63, 3.8) is 0 Å². The molecule has 6 heteroatoms. The minimum Gasteiger partial charge on any atom is -0.467 e. The molecule has 0 aliphatic carbocycles. The van der Waals surface area contributed by atoms with E-state index in [2.05, 4.69) is 21.2 Å². The molecule has 1 atom stereocenters. The highest BCUT2D eigenvalue weighted by molar-refractivity contribution is 9.11. The van der Waals surface area contributed by atoms with E-state index in [-0.39, 0.29) is 11.8 Å². The molecule has 1 unspecified atom stereocenters. The first-order valence-electron chi connectivity index (χ1n) is 6.24. The lowest BCUT2D eigenvalue weighted by atomic mass is 10.0. The third-order valence-electron chi connectivity index (χ3n) is 2.50. The molecule has 0 aliphatic rings. The minimum atomic E-state index is -0.604. The Morgan fingerprint density at radius 1 is 1.45 bits per heavy atom. The van der Waals surface area contributed by atoms with E-state index in [1.165, 1.54) is 24.5 Å². The van der Waals surface area contributed by atoms with Crippen molar-refractivity contribution in [3.05, 3.63) is 26.9 Å². The fourth-order valence-corrected chi connectivity index (χ4v) is 2.95. The Morgan fingerprint density at radius 2 is 2.15 bits per heavy atom. The SMILES string of the molecule is COC(=O)C(CC(C)C)NC(=O)C=Cc1ccc(Br)s1. The van der Waals surface area contributed by atoms with Gasteiger partial charge in [-0.15, -0.1) is 11.3 Å². The van der Waals surface area contributed by atoms with Crippen molar-refractivity contribution in [3.8, 4) is 0 Å². The van der Waals surface area contributed by atoms with Gasteiger partial charge in [0.05, 0.1) is 10.9 Å². The van der Waals surface area contributed by atoms with E-state index in [4.69, 9.17) is 4.74 Å². The molecule has 1 amide bonds. The molecule has 1 N–H and O–H groups in total. The van der Waals surface area contributed by atoms with E-state index in [0.29, 0.717) is 6.42 Å². The van der Waals surface area contributed by atoms with Gasteiger partial charge in [0.25, 0.3) is 0 Å². The Kier molecular flexibility index (Phi) is 6.95. The first kappa shape index (κ1) is 16.9. The van der Waals surface area contributed by atoms with E-state index >= 15 is 0 Å². The van der Waals surface area contributed by atoms with Crippen LogP contribution >= 0.6 is 27.3 Å². The average molecular weight is 360 g/mol. The van der Waals surface area contributed by atoms with Crippen molar-refractivity contribution < 1.29 is 14.3 Å². The van der Waals surface area contributed by atoms with Crippen LogP contribution in [-0.2, 0) is 14.3 Å². The zero-order valence-corrected chi connectivity index (χ0v) is 14.1. The van der Waals surface area contributed by atoms with Crippen LogP contribution in [0, 0.1) is 5.92 Å². The molecule has 4 nitrogen and oxygen atoms in total. The van der Waals surface area contributed by atoms with Gasteiger partial charge in [-0.1, -0.05) is 13.8 Å². The van der Waals surface area contributed by atoms with Gasteiger partial charge in [0.2, 0.25) is 5.91 Å². The molecule has 0 radical (unpaired) electrons. The summed E-state index contributed by atoms with van der Waals surface area (Å²) in [5.74, 6) is -0.429.